The molecule has 7 nitrogen and oxygen atoms in total. The van der Waals surface area contributed by atoms with Crippen LogP contribution in [0, 0.1) is 0 Å². The molecule has 1 aromatic heterocycles. The average Bonchev–Trinajstić information content (AvgIpc) is 3.01. The van der Waals surface area contributed by atoms with Gasteiger partial charge in [0.05, 0.1) is 6.33 Å². The van der Waals surface area contributed by atoms with Crippen molar-refractivity contribution in [2.45, 2.75) is 63.0 Å². The van der Waals surface area contributed by atoms with Crippen LogP contribution in [0.25, 0.3) is 0 Å². The smallest absolute Gasteiger partial charge is 0.337 e. The molecule has 0 aliphatic rings. The van der Waals surface area contributed by atoms with E-state index in [4.69, 9.17) is 0 Å². The summed E-state index contributed by atoms with van der Waals surface area (Å²) in [5.41, 5.74) is -12.3. The number of sulfonamides is 2. The molecule has 0 atom stereocenters. The van der Waals surface area contributed by atoms with Gasteiger partial charge >= 0.3 is 31.1 Å². The molecule has 166 valence electrons. The Morgan fingerprint density at radius 3 is 1.71 bits per heavy atom. The van der Waals surface area contributed by atoms with Crippen LogP contribution < -0.4 is 4.13 Å². The standard InChI is InChI=1S/C11H20N2.C2HF6NO4S2/c1-2-3-4-5-6-7-9-13-10-8-12-11-13;3-1(4,5)14(10,11)9-15(12,13)2(6,7)8/h8,10-11H,2-7,9H2,1H3;9H. The fourth-order valence-electron chi connectivity index (χ4n) is 1.73. The average molecular weight is 461 g/mol. The lowest BCUT2D eigenvalue weighted by atomic mass is 10.1. The first-order valence-corrected chi connectivity index (χ1v) is 11.0. The molecule has 0 aliphatic carbocycles. The zero-order chi connectivity index (χ0) is 22.1. The molecule has 0 fully saturated rings. The second-order valence-corrected chi connectivity index (χ2v) is 9.16. The highest BCUT2D eigenvalue weighted by Gasteiger charge is 2.55. The van der Waals surface area contributed by atoms with Crippen LogP contribution in [0.4, 0.5) is 26.3 Å². The molecule has 0 unspecified atom stereocenters. The van der Waals surface area contributed by atoms with E-state index in [-0.39, 0.29) is 0 Å². The summed E-state index contributed by atoms with van der Waals surface area (Å²) in [6, 6.07) is 0. The monoisotopic (exact) mass is 461 g/mol. The van der Waals surface area contributed by atoms with Gasteiger partial charge in [0.25, 0.3) is 0 Å². The highest BCUT2D eigenvalue weighted by atomic mass is 32.3. The molecule has 0 radical (unpaired) electrons. The molecule has 0 spiro atoms. The van der Waals surface area contributed by atoms with Gasteiger partial charge in [0.2, 0.25) is 0 Å². The van der Waals surface area contributed by atoms with E-state index in [1.54, 1.807) is 0 Å². The third-order valence-corrected chi connectivity index (χ3v) is 6.13. The number of hydrogen-bond donors (Lipinski definition) is 1. The Morgan fingerprint density at radius 1 is 0.857 bits per heavy atom. The van der Waals surface area contributed by atoms with Crippen LogP contribution >= 0.6 is 0 Å². The molecule has 1 N–H and O–H groups in total. The van der Waals surface area contributed by atoms with Gasteiger partial charge in [-0.25, -0.2) is 21.8 Å². The summed E-state index contributed by atoms with van der Waals surface area (Å²) in [6.07, 6.45) is 13.9. The normalized spacial score (nSPS) is 13.1. The van der Waals surface area contributed by atoms with Gasteiger partial charge in [-0.2, -0.15) is 26.3 Å². The summed E-state index contributed by atoms with van der Waals surface area (Å²) in [5, 5.41) is 0. The summed E-state index contributed by atoms with van der Waals surface area (Å²) in [6.45, 7) is 3.39. The molecular formula is C13H21F6N3O4S2. The van der Waals surface area contributed by atoms with Crippen molar-refractivity contribution in [1.82, 2.24) is 13.7 Å². The largest absolute Gasteiger partial charge is 0.512 e. The Morgan fingerprint density at radius 2 is 1.32 bits per heavy atom. The second-order valence-electron chi connectivity index (χ2n) is 5.55. The highest BCUT2D eigenvalue weighted by molar-refractivity contribution is 8.05. The van der Waals surface area contributed by atoms with Crippen LogP contribution in [0.5, 0.6) is 0 Å². The predicted molar refractivity (Wildman–Crippen MR) is 88.7 cm³/mol. The van der Waals surface area contributed by atoms with E-state index in [0.29, 0.717) is 0 Å². The molecule has 0 saturated carbocycles. The molecule has 1 heterocycles. The van der Waals surface area contributed by atoms with Crippen molar-refractivity contribution in [2.75, 3.05) is 0 Å². The number of aryl methyl sites for hydroxylation is 1. The number of rotatable bonds is 9. The molecule has 0 saturated heterocycles. The highest BCUT2D eigenvalue weighted by Crippen LogP contribution is 2.27. The SMILES string of the molecule is CCCCCCCCn1ccnc1.O=S(=O)(NS(=O)(=O)C(F)(F)F)C(F)(F)F. The number of halogens is 6. The van der Waals surface area contributed by atoms with Gasteiger partial charge < -0.3 is 4.57 Å². The quantitative estimate of drug-likeness (QED) is 0.448. The third kappa shape index (κ3) is 9.73. The fourth-order valence-corrected chi connectivity index (χ4v) is 3.64. The van der Waals surface area contributed by atoms with Gasteiger partial charge in [-0.15, -0.1) is 0 Å². The van der Waals surface area contributed by atoms with Crippen LogP contribution in [0.2, 0.25) is 0 Å². The van der Waals surface area contributed by atoms with E-state index in [2.05, 4.69) is 16.5 Å². The Bertz CT molecular complexity index is 717. The van der Waals surface area contributed by atoms with Crippen molar-refractivity contribution in [2.24, 2.45) is 0 Å². The van der Waals surface area contributed by atoms with Gasteiger partial charge in [0, 0.05) is 18.9 Å². The van der Waals surface area contributed by atoms with E-state index in [1.807, 2.05) is 18.7 Å². The van der Waals surface area contributed by atoms with Gasteiger partial charge in [0.15, 0.2) is 0 Å². The van der Waals surface area contributed by atoms with E-state index >= 15 is 0 Å². The van der Waals surface area contributed by atoms with Gasteiger partial charge in [-0.1, -0.05) is 43.2 Å². The molecular weight excluding hydrogens is 440 g/mol. The Labute approximate surface area is 159 Å². The molecule has 0 aromatic carbocycles. The zero-order valence-corrected chi connectivity index (χ0v) is 16.4. The lowest BCUT2D eigenvalue weighted by Crippen LogP contribution is -2.45. The number of alkyl halides is 6. The van der Waals surface area contributed by atoms with Crippen LogP contribution in [0.1, 0.15) is 45.4 Å². The van der Waals surface area contributed by atoms with Crippen molar-refractivity contribution >= 4 is 20.0 Å². The maximum Gasteiger partial charge on any atom is 0.512 e. The summed E-state index contributed by atoms with van der Waals surface area (Å²) in [4.78, 5) is 4.01. The number of aromatic nitrogens is 2. The topological polar surface area (TPSA) is 98.1 Å². The number of hydrogen-bond acceptors (Lipinski definition) is 5. The number of nitrogens with one attached hydrogen (secondary N) is 1. The van der Waals surface area contributed by atoms with E-state index in [0.717, 1.165) is 6.54 Å². The van der Waals surface area contributed by atoms with E-state index < -0.39 is 35.2 Å². The van der Waals surface area contributed by atoms with Gasteiger partial charge in [-0.05, 0) is 6.42 Å². The summed E-state index contributed by atoms with van der Waals surface area (Å²) < 4.78 is 110. The second kappa shape index (κ2) is 11.0. The third-order valence-electron chi connectivity index (χ3n) is 3.16. The lowest BCUT2D eigenvalue weighted by Gasteiger charge is -2.11. The minimum atomic E-state index is -6.60. The predicted octanol–water partition coefficient (Wildman–Crippen LogP) is 3.52. The maximum absolute atomic E-state index is 11.5. The first-order chi connectivity index (χ1) is 12.6. The molecule has 15 heteroatoms. The number of unbranched alkanes of at least 4 members (excludes halogenated alkanes) is 5. The molecule has 28 heavy (non-hydrogen) atoms. The number of imidazole rings is 1. The van der Waals surface area contributed by atoms with Gasteiger partial charge in [-0.3, -0.25) is 0 Å². The first-order valence-electron chi connectivity index (χ1n) is 8.01. The fraction of sp³-hybridized carbons (Fsp3) is 0.769. The summed E-state index contributed by atoms with van der Waals surface area (Å²) >= 11 is 0. The molecule has 0 bridgehead atoms. The molecule has 0 aliphatic heterocycles. The first kappa shape index (κ1) is 26.6. The van der Waals surface area contributed by atoms with Crippen molar-refractivity contribution in [1.29, 1.82) is 0 Å². The molecule has 0 amide bonds. The van der Waals surface area contributed by atoms with Crippen LogP contribution in [-0.2, 0) is 26.6 Å². The van der Waals surface area contributed by atoms with E-state index in [1.165, 1.54) is 38.5 Å². The molecule has 1 aromatic rings. The van der Waals surface area contributed by atoms with Crippen molar-refractivity contribution in [3.05, 3.63) is 18.7 Å². The lowest BCUT2D eigenvalue weighted by molar-refractivity contribution is -0.0476. The minimum absolute atomic E-state index is 0.493. The van der Waals surface area contributed by atoms with Crippen molar-refractivity contribution in [3.63, 3.8) is 0 Å². The minimum Gasteiger partial charge on any atom is -0.337 e. The molecule has 1 rings (SSSR count). The van der Waals surface area contributed by atoms with Crippen LogP contribution in [0.3, 0.4) is 0 Å². The Kier molecular flexibility index (Phi) is 10.5. The summed E-state index contributed by atoms with van der Waals surface area (Å²) in [7, 11) is -13.2. The van der Waals surface area contributed by atoms with Crippen LogP contribution in [0.15, 0.2) is 18.7 Å². The zero-order valence-electron chi connectivity index (χ0n) is 14.8. The Balaban J connectivity index is 0.000000525. The van der Waals surface area contributed by atoms with Crippen molar-refractivity contribution in [3.8, 4) is 0 Å². The number of nitrogens with zero attached hydrogens (tertiary/aromatic N) is 2. The van der Waals surface area contributed by atoms with Gasteiger partial charge in [0.1, 0.15) is 0 Å². The van der Waals surface area contributed by atoms with Crippen LogP contribution in [-0.4, -0.2) is 37.4 Å². The summed E-state index contributed by atoms with van der Waals surface area (Å²) in [5.74, 6) is 0. The van der Waals surface area contributed by atoms with Crippen molar-refractivity contribution < 1.29 is 43.2 Å². The Hall–Kier alpha value is -1.35. The maximum atomic E-state index is 11.5. The van der Waals surface area contributed by atoms with E-state index in [9.17, 15) is 43.2 Å².